The summed E-state index contributed by atoms with van der Waals surface area (Å²) >= 11 is 5.19. The molecular formula is C15H21NO3S2. The molecule has 0 aliphatic heterocycles. The summed E-state index contributed by atoms with van der Waals surface area (Å²) < 4.78 is 29.8. The Hall–Kier alpha value is -0.980. The Kier molecular flexibility index (Phi) is 4.42. The molecule has 1 aromatic carbocycles. The molecule has 1 aliphatic carbocycles. The molecule has 0 radical (unpaired) electrons. The van der Waals surface area contributed by atoms with Gasteiger partial charge < -0.3 is 10.5 Å². The van der Waals surface area contributed by atoms with Crippen molar-refractivity contribution in [2.24, 2.45) is 11.1 Å². The Bertz CT molecular complexity index is 639. The van der Waals surface area contributed by atoms with E-state index in [-0.39, 0.29) is 17.5 Å². The van der Waals surface area contributed by atoms with Gasteiger partial charge in [-0.25, -0.2) is 8.42 Å². The van der Waals surface area contributed by atoms with Crippen molar-refractivity contribution in [2.45, 2.75) is 25.0 Å². The summed E-state index contributed by atoms with van der Waals surface area (Å²) in [6.07, 6.45) is 1.24. The summed E-state index contributed by atoms with van der Waals surface area (Å²) in [5.74, 6) is -0.225. The summed E-state index contributed by atoms with van der Waals surface area (Å²) in [7, 11) is -3.27. The first-order valence-electron chi connectivity index (χ1n) is 6.88. The van der Waals surface area contributed by atoms with E-state index in [1.807, 2.05) is 38.1 Å². The molecule has 0 spiro atoms. The molecule has 0 bridgehead atoms. The molecule has 0 amide bonds. The fraction of sp³-hybridized carbons (Fsp3) is 0.533. The topological polar surface area (TPSA) is 69.4 Å². The Morgan fingerprint density at radius 1 is 1.38 bits per heavy atom. The minimum Gasteiger partial charge on any atom is -0.393 e. The van der Waals surface area contributed by atoms with Gasteiger partial charge in [-0.2, -0.15) is 0 Å². The molecule has 6 heteroatoms. The average Bonchev–Trinajstić information content (AvgIpc) is 3.08. The fourth-order valence-electron chi connectivity index (χ4n) is 3.09. The van der Waals surface area contributed by atoms with E-state index in [1.54, 1.807) is 0 Å². The Morgan fingerprint density at radius 3 is 2.38 bits per heavy atom. The van der Waals surface area contributed by atoms with Gasteiger partial charge in [-0.3, -0.25) is 0 Å². The van der Waals surface area contributed by atoms with Crippen molar-refractivity contribution in [3.05, 3.63) is 35.4 Å². The van der Waals surface area contributed by atoms with Crippen LogP contribution in [0.2, 0.25) is 0 Å². The second-order valence-electron chi connectivity index (χ2n) is 5.68. The number of benzene rings is 1. The maximum atomic E-state index is 12.2. The van der Waals surface area contributed by atoms with Gasteiger partial charge in [0.05, 0.1) is 22.3 Å². The van der Waals surface area contributed by atoms with Crippen LogP contribution in [0.5, 0.6) is 0 Å². The molecule has 4 nitrogen and oxygen atoms in total. The summed E-state index contributed by atoms with van der Waals surface area (Å²) in [5, 5.41) is -0.600. The van der Waals surface area contributed by atoms with Crippen LogP contribution in [0.15, 0.2) is 24.3 Å². The van der Waals surface area contributed by atoms with E-state index in [9.17, 15) is 8.42 Å². The molecule has 1 aliphatic rings. The highest BCUT2D eigenvalue weighted by molar-refractivity contribution is 7.92. The van der Waals surface area contributed by atoms with E-state index in [2.05, 4.69) is 0 Å². The van der Waals surface area contributed by atoms with Crippen molar-refractivity contribution < 1.29 is 13.2 Å². The number of aryl methyl sites for hydroxylation is 1. The minimum atomic E-state index is -3.27. The van der Waals surface area contributed by atoms with E-state index >= 15 is 0 Å². The lowest BCUT2D eigenvalue weighted by atomic mass is 9.99. The SMILES string of the molecule is CCOC[C@]1(C(N)=S)[C@H](c2ccc(C)cc2)[C@@H]1S(C)(=O)=O. The molecule has 0 aromatic heterocycles. The maximum Gasteiger partial charge on any atom is 0.152 e. The number of thiocarbonyl (C=S) groups is 1. The Labute approximate surface area is 131 Å². The zero-order valence-corrected chi connectivity index (χ0v) is 14.1. The first-order chi connectivity index (χ1) is 9.75. The first kappa shape index (κ1) is 16.4. The number of sulfone groups is 1. The van der Waals surface area contributed by atoms with Gasteiger partial charge in [0, 0.05) is 18.8 Å². The molecule has 2 rings (SSSR count). The van der Waals surface area contributed by atoms with E-state index in [0.717, 1.165) is 11.1 Å². The van der Waals surface area contributed by atoms with Crippen LogP contribution in [-0.4, -0.2) is 38.1 Å². The van der Waals surface area contributed by atoms with E-state index in [1.165, 1.54) is 6.26 Å². The second kappa shape index (κ2) is 5.66. The number of hydrogen-bond acceptors (Lipinski definition) is 4. The smallest absolute Gasteiger partial charge is 0.152 e. The highest BCUT2D eigenvalue weighted by Crippen LogP contribution is 2.63. The van der Waals surface area contributed by atoms with Crippen LogP contribution in [0.3, 0.4) is 0 Å². The summed E-state index contributed by atoms with van der Waals surface area (Å²) in [5.41, 5.74) is 7.20. The van der Waals surface area contributed by atoms with Gasteiger partial charge in [0.25, 0.3) is 0 Å². The van der Waals surface area contributed by atoms with Crippen LogP contribution in [-0.2, 0) is 14.6 Å². The van der Waals surface area contributed by atoms with Gasteiger partial charge in [0.15, 0.2) is 9.84 Å². The lowest BCUT2D eigenvalue weighted by Crippen LogP contribution is -2.33. The summed E-state index contributed by atoms with van der Waals surface area (Å²) in [6.45, 7) is 4.61. The molecular weight excluding hydrogens is 306 g/mol. The van der Waals surface area contributed by atoms with Crippen molar-refractivity contribution in [3.8, 4) is 0 Å². The second-order valence-corrected chi connectivity index (χ2v) is 8.29. The third-order valence-electron chi connectivity index (χ3n) is 4.16. The maximum absolute atomic E-state index is 12.2. The van der Waals surface area contributed by atoms with Crippen molar-refractivity contribution in [3.63, 3.8) is 0 Å². The van der Waals surface area contributed by atoms with Crippen LogP contribution in [0.4, 0.5) is 0 Å². The quantitative estimate of drug-likeness (QED) is 0.807. The number of rotatable bonds is 6. The van der Waals surface area contributed by atoms with Gasteiger partial charge >= 0.3 is 0 Å². The minimum absolute atomic E-state index is 0.219. The van der Waals surface area contributed by atoms with Crippen LogP contribution in [0.25, 0.3) is 0 Å². The molecule has 1 aromatic rings. The van der Waals surface area contributed by atoms with Crippen molar-refractivity contribution >= 4 is 27.0 Å². The Balaban J connectivity index is 2.46. The predicted octanol–water partition coefficient (Wildman–Crippen LogP) is 1.81. The zero-order chi connectivity index (χ0) is 15.8. The molecule has 0 unspecified atom stereocenters. The van der Waals surface area contributed by atoms with E-state index < -0.39 is 20.5 Å². The highest BCUT2D eigenvalue weighted by Gasteiger charge is 2.71. The molecule has 21 heavy (non-hydrogen) atoms. The number of nitrogens with two attached hydrogens (primary N) is 1. The Morgan fingerprint density at radius 2 is 1.95 bits per heavy atom. The monoisotopic (exact) mass is 327 g/mol. The average molecular weight is 327 g/mol. The lowest BCUT2D eigenvalue weighted by molar-refractivity contribution is 0.121. The van der Waals surface area contributed by atoms with Crippen molar-refractivity contribution in [1.82, 2.24) is 0 Å². The standard InChI is InChI=1S/C15H21NO3S2/c1-4-19-9-15(14(16)20)12(13(15)21(3,17)18)11-7-5-10(2)6-8-11/h5-8,12-13H,4,9H2,1-3H3,(H2,16,20)/t12-,13+,15+/m1/s1. The van der Waals surface area contributed by atoms with Crippen LogP contribution >= 0.6 is 12.2 Å². The first-order valence-corrected chi connectivity index (χ1v) is 9.24. The van der Waals surface area contributed by atoms with Gasteiger partial charge in [-0.05, 0) is 19.4 Å². The zero-order valence-electron chi connectivity index (χ0n) is 12.5. The van der Waals surface area contributed by atoms with Crippen molar-refractivity contribution in [2.75, 3.05) is 19.5 Å². The molecule has 116 valence electrons. The lowest BCUT2D eigenvalue weighted by Gasteiger charge is -2.16. The largest absolute Gasteiger partial charge is 0.393 e. The number of hydrogen-bond donors (Lipinski definition) is 1. The number of ether oxygens (including phenoxy) is 1. The molecule has 3 atom stereocenters. The molecule has 2 N–H and O–H groups in total. The third kappa shape index (κ3) is 2.84. The summed E-state index contributed by atoms with van der Waals surface area (Å²) in [4.78, 5) is 0.219. The van der Waals surface area contributed by atoms with Gasteiger partial charge in [-0.15, -0.1) is 0 Å². The van der Waals surface area contributed by atoms with Gasteiger partial charge in [0.2, 0.25) is 0 Å². The molecule has 0 saturated heterocycles. The fourth-order valence-corrected chi connectivity index (χ4v) is 5.40. The highest BCUT2D eigenvalue weighted by atomic mass is 32.2. The molecule has 1 fully saturated rings. The van der Waals surface area contributed by atoms with E-state index in [0.29, 0.717) is 6.61 Å². The van der Waals surface area contributed by atoms with Gasteiger partial charge in [-0.1, -0.05) is 42.0 Å². The van der Waals surface area contributed by atoms with E-state index in [4.69, 9.17) is 22.7 Å². The van der Waals surface area contributed by atoms with Crippen LogP contribution < -0.4 is 5.73 Å². The summed E-state index contributed by atoms with van der Waals surface area (Å²) in [6, 6.07) is 7.84. The van der Waals surface area contributed by atoms with Gasteiger partial charge in [0.1, 0.15) is 0 Å². The van der Waals surface area contributed by atoms with Crippen LogP contribution in [0.1, 0.15) is 24.0 Å². The predicted molar refractivity (Wildman–Crippen MR) is 88.3 cm³/mol. The molecule has 1 saturated carbocycles. The van der Waals surface area contributed by atoms with Crippen molar-refractivity contribution in [1.29, 1.82) is 0 Å². The normalized spacial score (nSPS) is 28.3. The molecule has 0 heterocycles. The van der Waals surface area contributed by atoms with Crippen LogP contribution in [0, 0.1) is 12.3 Å². The third-order valence-corrected chi connectivity index (χ3v) is 6.15.